The van der Waals surface area contributed by atoms with Crippen LogP contribution in [0.25, 0.3) is 10.9 Å². The van der Waals surface area contributed by atoms with Crippen LogP contribution in [-0.2, 0) is 11.2 Å². The number of fused-ring (bicyclic) bond motifs is 1. The number of benzene rings is 1. The summed E-state index contributed by atoms with van der Waals surface area (Å²) in [5.74, 6) is 0.0507. The minimum Gasteiger partial charge on any atom is -0.461 e. The number of aromatic nitrogens is 1. The fourth-order valence-corrected chi connectivity index (χ4v) is 2.47. The number of aromatic amines is 1. The van der Waals surface area contributed by atoms with Crippen LogP contribution in [0, 0.1) is 0 Å². The van der Waals surface area contributed by atoms with E-state index in [9.17, 15) is 4.79 Å². The maximum absolute atomic E-state index is 11.9. The normalized spacial score (nSPS) is 10.8. The number of carbonyl (C=O) groups excluding carboxylic acids is 1. The number of aryl methyl sites for hydroxylation is 1. The lowest BCUT2D eigenvalue weighted by Crippen LogP contribution is -2.08. The van der Waals surface area contributed by atoms with E-state index in [0.29, 0.717) is 29.6 Å². The Hall–Kier alpha value is -1.19. The largest absolute Gasteiger partial charge is 0.461 e. The van der Waals surface area contributed by atoms with Gasteiger partial charge in [-0.1, -0.05) is 17.7 Å². The Kier molecular flexibility index (Phi) is 4.15. The number of hydrogen-bond acceptors (Lipinski definition) is 2. The minimum absolute atomic E-state index is 0.336. The topological polar surface area (TPSA) is 42.1 Å². The van der Waals surface area contributed by atoms with Crippen LogP contribution in [0.4, 0.5) is 0 Å². The number of H-pyrrole nitrogens is 1. The van der Waals surface area contributed by atoms with Crippen LogP contribution < -0.4 is 0 Å². The summed E-state index contributed by atoms with van der Waals surface area (Å²) in [6.45, 7) is 2.11. The molecule has 0 radical (unpaired) electrons. The van der Waals surface area contributed by atoms with Crippen LogP contribution in [0.2, 0.25) is 5.02 Å². The average molecular weight is 286 g/mol. The molecule has 2 aromatic rings. The third kappa shape index (κ3) is 2.33. The molecule has 5 heteroatoms. The van der Waals surface area contributed by atoms with Crippen molar-refractivity contribution >= 4 is 40.1 Å². The van der Waals surface area contributed by atoms with Crippen LogP contribution in [0.1, 0.15) is 23.0 Å². The molecule has 0 saturated heterocycles. The summed E-state index contributed by atoms with van der Waals surface area (Å²) in [6.07, 6.45) is 0.569. The van der Waals surface area contributed by atoms with Gasteiger partial charge >= 0.3 is 5.97 Å². The second kappa shape index (κ2) is 5.63. The molecule has 96 valence electrons. The zero-order valence-corrected chi connectivity index (χ0v) is 11.4. The van der Waals surface area contributed by atoms with Crippen LogP contribution in [0.3, 0.4) is 0 Å². The highest BCUT2D eigenvalue weighted by molar-refractivity contribution is 6.36. The maximum Gasteiger partial charge on any atom is 0.355 e. The smallest absolute Gasteiger partial charge is 0.355 e. The summed E-state index contributed by atoms with van der Waals surface area (Å²) in [6, 6.07) is 5.51. The van der Waals surface area contributed by atoms with Gasteiger partial charge in [-0.25, -0.2) is 4.79 Å². The molecule has 0 saturated carbocycles. The fourth-order valence-electron chi connectivity index (χ4n) is 1.99. The quantitative estimate of drug-likeness (QED) is 0.686. The van der Waals surface area contributed by atoms with Gasteiger partial charge in [0.15, 0.2) is 0 Å². The van der Waals surface area contributed by atoms with Crippen molar-refractivity contribution in [3.05, 3.63) is 34.5 Å². The molecule has 2 rings (SSSR count). The van der Waals surface area contributed by atoms with Gasteiger partial charge < -0.3 is 9.72 Å². The van der Waals surface area contributed by atoms with E-state index in [4.69, 9.17) is 27.9 Å². The number of alkyl halides is 1. The highest BCUT2D eigenvalue weighted by atomic mass is 35.5. The van der Waals surface area contributed by atoms with Crippen LogP contribution in [-0.4, -0.2) is 23.4 Å². The van der Waals surface area contributed by atoms with E-state index in [1.165, 1.54) is 0 Å². The molecule has 3 nitrogen and oxygen atoms in total. The molecule has 0 aliphatic rings. The van der Waals surface area contributed by atoms with Gasteiger partial charge in [0.05, 0.1) is 11.6 Å². The van der Waals surface area contributed by atoms with E-state index in [-0.39, 0.29) is 5.97 Å². The van der Waals surface area contributed by atoms with E-state index in [2.05, 4.69) is 4.98 Å². The van der Waals surface area contributed by atoms with Crippen molar-refractivity contribution in [1.82, 2.24) is 4.98 Å². The van der Waals surface area contributed by atoms with Gasteiger partial charge in [-0.15, -0.1) is 11.6 Å². The minimum atomic E-state index is -0.370. The third-order valence-electron chi connectivity index (χ3n) is 2.70. The van der Waals surface area contributed by atoms with Gasteiger partial charge in [-0.2, -0.15) is 0 Å². The van der Waals surface area contributed by atoms with Crippen molar-refractivity contribution in [2.24, 2.45) is 0 Å². The first-order chi connectivity index (χ1) is 8.69. The predicted octanol–water partition coefficient (Wildman–Crippen LogP) is 3.78. The van der Waals surface area contributed by atoms with Gasteiger partial charge in [0.2, 0.25) is 0 Å². The fraction of sp³-hybridized carbons (Fsp3) is 0.308. The Bertz CT molecular complexity index is 578. The third-order valence-corrected chi connectivity index (χ3v) is 3.20. The molecule has 0 bridgehead atoms. The van der Waals surface area contributed by atoms with Gasteiger partial charge in [0, 0.05) is 16.8 Å². The molecular formula is C13H13Cl2NO2. The Labute approximate surface area is 115 Å². The summed E-state index contributed by atoms with van der Waals surface area (Å²) in [5, 5.41) is 1.46. The van der Waals surface area contributed by atoms with E-state index in [0.717, 1.165) is 16.5 Å². The first-order valence-corrected chi connectivity index (χ1v) is 6.62. The molecule has 1 aromatic heterocycles. The van der Waals surface area contributed by atoms with E-state index in [1.54, 1.807) is 13.0 Å². The van der Waals surface area contributed by atoms with E-state index < -0.39 is 0 Å². The van der Waals surface area contributed by atoms with Crippen LogP contribution in [0.5, 0.6) is 0 Å². The summed E-state index contributed by atoms with van der Waals surface area (Å²) >= 11 is 12.0. The van der Waals surface area contributed by atoms with Crippen molar-refractivity contribution in [2.75, 3.05) is 12.5 Å². The molecule has 18 heavy (non-hydrogen) atoms. The van der Waals surface area contributed by atoms with Crippen LogP contribution >= 0.6 is 23.2 Å². The lowest BCUT2D eigenvalue weighted by Gasteiger charge is -2.03. The molecule has 1 aromatic carbocycles. The number of halogens is 2. The van der Waals surface area contributed by atoms with E-state index >= 15 is 0 Å². The Balaban J connectivity index is 2.62. The molecule has 0 atom stereocenters. The second-order valence-electron chi connectivity index (χ2n) is 3.80. The second-order valence-corrected chi connectivity index (χ2v) is 4.59. The van der Waals surface area contributed by atoms with E-state index in [1.807, 2.05) is 12.1 Å². The monoisotopic (exact) mass is 285 g/mol. The summed E-state index contributed by atoms with van der Waals surface area (Å²) in [7, 11) is 0. The molecule has 1 heterocycles. The van der Waals surface area contributed by atoms with Gasteiger partial charge in [0.25, 0.3) is 0 Å². The van der Waals surface area contributed by atoms with Gasteiger partial charge in [0.1, 0.15) is 5.69 Å². The van der Waals surface area contributed by atoms with Gasteiger partial charge in [-0.05, 0) is 31.0 Å². The van der Waals surface area contributed by atoms with Crippen molar-refractivity contribution in [3.63, 3.8) is 0 Å². The first-order valence-electron chi connectivity index (χ1n) is 5.71. The number of carbonyl (C=O) groups is 1. The lowest BCUT2D eigenvalue weighted by molar-refractivity contribution is 0.0519. The molecule has 0 unspecified atom stereocenters. The van der Waals surface area contributed by atoms with Crippen molar-refractivity contribution < 1.29 is 9.53 Å². The van der Waals surface area contributed by atoms with Crippen molar-refractivity contribution in [3.8, 4) is 0 Å². The number of rotatable bonds is 4. The van der Waals surface area contributed by atoms with Crippen molar-refractivity contribution in [2.45, 2.75) is 13.3 Å². The molecule has 0 amide bonds. The zero-order chi connectivity index (χ0) is 13.1. The van der Waals surface area contributed by atoms with Gasteiger partial charge in [-0.3, -0.25) is 0 Å². The maximum atomic E-state index is 11.9. The first kappa shape index (κ1) is 13.2. The molecule has 0 aliphatic heterocycles. The number of hydrogen-bond donors (Lipinski definition) is 1. The molecule has 1 N–H and O–H groups in total. The van der Waals surface area contributed by atoms with Crippen molar-refractivity contribution in [1.29, 1.82) is 0 Å². The Morgan fingerprint density at radius 3 is 2.89 bits per heavy atom. The number of esters is 1. The highest BCUT2D eigenvalue weighted by Gasteiger charge is 2.19. The summed E-state index contributed by atoms with van der Waals surface area (Å²) in [4.78, 5) is 14.9. The SMILES string of the molecule is CCOC(=O)c1[nH]c2cccc(Cl)c2c1CCCl. The Morgan fingerprint density at radius 1 is 1.44 bits per heavy atom. The molecule has 0 aliphatic carbocycles. The average Bonchev–Trinajstić information content (AvgIpc) is 2.70. The lowest BCUT2D eigenvalue weighted by atomic mass is 10.1. The Morgan fingerprint density at radius 2 is 2.22 bits per heavy atom. The summed E-state index contributed by atoms with van der Waals surface area (Å²) < 4.78 is 5.03. The molecule has 0 spiro atoms. The molecular weight excluding hydrogens is 273 g/mol. The highest BCUT2D eigenvalue weighted by Crippen LogP contribution is 2.30. The number of nitrogens with one attached hydrogen (secondary N) is 1. The zero-order valence-electron chi connectivity index (χ0n) is 9.93. The molecule has 0 fully saturated rings. The van der Waals surface area contributed by atoms with Crippen LogP contribution in [0.15, 0.2) is 18.2 Å². The number of ether oxygens (including phenoxy) is 1. The standard InChI is InChI=1S/C13H13Cl2NO2/c1-2-18-13(17)12-8(6-7-14)11-9(15)4-3-5-10(11)16-12/h3-5,16H,2,6-7H2,1H3. The predicted molar refractivity (Wildman–Crippen MR) is 73.7 cm³/mol. The summed E-state index contributed by atoms with van der Waals surface area (Å²) in [5.41, 5.74) is 2.09.